The summed E-state index contributed by atoms with van der Waals surface area (Å²) in [5.74, 6) is -0.117. The number of amides is 2. The van der Waals surface area contributed by atoms with Gasteiger partial charge in [-0.3, -0.25) is 9.59 Å². The number of primary amides is 1. The van der Waals surface area contributed by atoms with Gasteiger partial charge < -0.3 is 21.1 Å². The van der Waals surface area contributed by atoms with Gasteiger partial charge in [-0.25, -0.2) is 9.97 Å². The first-order chi connectivity index (χ1) is 13.8. The summed E-state index contributed by atoms with van der Waals surface area (Å²) in [7, 11) is 0. The molecular formula is C21H25N5O3. The largest absolute Gasteiger partial charge is 0.507 e. The van der Waals surface area contributed by atoms with E-state index < -0.39 is 5.91 Å². The highest BCUT2D eigenvalue weighted by atomic mass is 16.3. The standard InChI is InChI=1S/C21H25N5O3/c1-10-6-7-23-21(24-10)25-18-11(2)19(13-4-5-13)26(12(3)27)16-9-17(28)15(20(22)29)8-14(16)18/h6-9,11,13,18-19,28H,4-5H2,1-3H3,(H2,22,29)(H,23,24,25)/t11-,18-,19?/m1/s1. The van der Waals surface area contributed by atoms with E-state index in [0.29, 0.717) is 17.6 Å². The van der Waals surface area contributed by atoms with Crippen molar-refractivity contribution in [2.24, 2.45) is 17.6 Å². The van der Waals surface area contributed by atoms with Crippen LogP contribution in [0.1, 0.15) is 54.3 Å². The van der Waals surface area contributed by atoms with E-state index in [4.69, 9.17) is 5.73 Å². The number of nitrogens with two attached hydrogens (primary N) is 1. The summed E-state index contributed by atoms with van der Waals surface area (Å²) in [6, 6.07) is 4.62. The number of hydrogen-bond donors (Lipinski definition) is 3. The smallest absolute Gasteiger partial charge is 0.252 e. The van der Waals surface area contributed by atoms with Gasteiger partial charge in [-0.2, -0.15) is 0 Å². The maximum atomic E-state index is 12.6. The summed E-state index contributed by atoms with van der Waals surface area (Å²) < 4.78 is 0. The molecule has 1 fully saturated rings. The molecule has 0 radical (unpaired) electrons. The lowest BCUT2D eigenvalue weighted by Crippen LogP contribution is -2.51. The molecule has 8 heteroatoms. The van der Waals surface area contributed by atoms with Gasteiger partial charge >= 0.3 is 0 Å². The monoisotopic (exact) mass is 395 g/mol. The van der Waals surface area contributed by atoms with Crippen LogP contribution < -0.4 is 16.0 Å². The summed E-state index contributed by atoms with van der Waals surface area (Å²) in [6.45, 7) is 5.51. The number of carbonyl (C=O) groups is 2. The zero-order valence-electron chi connectivity index (χ0n) is 16.7. The Balaban J connectivity index is 1.87. The molecule has 1 aliphatic carbocycles. The minimum atomic E-state index is -0.720. The van der Waals surface area contributed by atoms with Crippen LogP contribution in [-0.4, -0.2) is 32.9 Å². The van der Waals surface area contributed by atoms with Crippen LogP contribution in [0.5, 0.6) is 5.75 Å². The van der Waals surface area contributed by atoms with Crippen molar-refractivity contribution in [1.82, 2.24) is 9.97 Å². The quantitative estimate of drug-likeness (QED) is 0.731. The number of rotatable bonds is 4. The van der Waals surface area contributed by atoms with Gasteiger partial charge in [0.2, 0.25) is 11.9 Å². The number of aromatic nitrogens is 2. The third-order valence-corrected chi connectivity index (χ3v) is 5.89. The normalized spacial score (nSPS) is 23.4. The number of carbonyl (C=O) groups excluding carboxylic acids is 2. The fourth-order valence-electron chi connectivity index (χ4n) is 4.45. The molecule has 1 unspecified atom stereocenters. The Morgan fingerprint density at radius 3 is 2.62 bits per heavy atom. The van der Waals surface area contributed by atoms with E-state index in [2.05, 4.69) is 22.2 Å². The minimum absolute atomic E-state index is 0.0128. The van der Waals surface area contributed by atoms with E-state index in [1.165, 1.54) is 13.0 Å². The molecule has 3 atom stereocenters. The van der Waals surface area contributed by atoms with Crippen molar-refractivity contribution in [2.45, 2.75) is 45.7 Å². The zero-order chi connectivity index (χ0) is 20.9. The van der Waals surface area contributed by atoms with E-state index in [9.17, 15) is 14.7 Å². The predicted molar refractivity (Wildman–Crippen MR) is 109 cm³/mol. The average molecular weight is 395 g/mol. The maximum Gasteiger partial charge on any atom is 0.252 e. The van der Waals surface area contributed by atoms with Crippen molar-refractivity contribution in [3.63, 3.8) is 0 Å². The number of phenols is 1. The highest BCUT2D eigenvalue weighted by molar-refractivity contribution is 5.99. The molecule has 4 N–H and O–H groups in total. The summed E-state index contributed by atoms with van der Waals surface area (Å²) >= 11 is 0. The molecule has 152 valence electrons. The fraction of sp³-hybridized carbons (Fsp3) is 0.429. The third-order valence-electron chi connectivity index (χ3n) is 5.89. The van der Waals surface area contributed by atoms with Crippen LogP contribution >= 0.6 is 0 Å². The summed E-state index contributed by atoms with van der Waals surface area (Å²) in [4.78, 5) is 34.9. The number of aromatic hydroxyl groups is 1. The molecule has 1 saturated carbocycles. The van der Waals surface area contributed by atoms with Gasteiger partial charge in [-0.05, 0) is 43.4 Å². The SMILES string of the molecule is CC(=O)N1c2cc(O)c(C(N)=O)cc2[C@H](Nc2nccc(C)n2)[C@@H](C)C1C1CC1. The van der Waals surface area contributed by atoms with Crippen LogP contribution in [0.25, 0.3) is 0 Å². The van der Waals surface area contributed by atoms with Gasteiger partial charge in [0.05, 0.1) is 17.3 Å². The first-order valence-electron chi connectivity index (χ1n) is 9.80. The molecular weight excluding hydrogens is 370 g/mol. The second-order valence-corrected chi connectivity index (χ2v) is 8.01. The van der Waals surface area contributed by atoms with Gasteiger partial charge in [-0.15, -0.1) is 0 Å². The first kappa shape index (κ1) is 19.2. The van der Waals surface area contributed by atoms with Crippen LogP contribution in [-0.2, 0) is 4.79 Å². The molecule has 0 spiro atoms. The van der Waals surface area contributed by atoms with Crippen molar-refractivity contribution in [2.75, 3.05) is 10.2 Å². The molecule has 1 aliphatic heterocycles. The van der Waals surface area contributed by atoms with E-state index in [1.54, 1.807) is 17.2 Å². The molecule has 1 aromatic heterocycles. The number of hydrogen-bond acceptors (Lipinski definition) is 6. The molecule has 1 aromatic carbocycles. The molecule has 0 bridgehead atoms. The Labute approximate surface area is 169 Å². The average Bonchev–Trinajstić information content (AvgIpc) is 3.47. The minimum Gasteiger partial charge on any atom is -0.507 e. The Hall–Kier alpha value is -3.16. The fourth-order valence-corrected chi connectivity index (χ4v) is 4.45. The molecule has 2 aliphatic rings. The second-order valence-electron chi connectivity index (χ2n) is 8.01. The van der Waals surface area contributed by atoms with Gasteiger partial charge in [-0.1, -0.05) is 6.92 Å². The lowest BCUT2D eigenvalue weighted by Gasteiger charge is -2.45. The molecule has 2 aromatic rings. The number of nitrogens with zero attached hydrogens (tertiary/aromatic N) is 3. The Kier molecular flexibility index (Phi) is 4.64. The van der Waals surface area contributed by atoms with Crippen molar-refractivity contribution < 1.29 is 14.7 Å². The van der Waals surface area contributed by atoms with Crippen LogP contribution in [0, 0.1) is 18.8 Å². The second kappa shape index (κ2) is 7.02. The van der Waals surface area contributed by atoms with E-state index >= 15 is 0 Å². The van der Waals surface area contributed by atoms with Crippen molar-refractivity contribution in [3.8, 4) is 5.75 Å². The predicted octanol–water partition coefficient (Wildman–Crippen LogP) is 2.52. The summed E-state index contributed by atoms with van der Waals surface area (Å²) in [5.41, 5.74) is 7.64. The lowest BCUT2D eigenvalue weighted by molar-refractivity contribution is -0.117. The number of aryl methyl sites for hydroxylation is 1. The van der Waals surface area contributed by atoms with E-state index in [0.717, 1.165) is 24.1 Å². The van der Waals surface area contributed by atoms with Crippen LogP contribution in [0.2, 0.25) is 0 Å². The molecule has 4 rings (SSSR count). The number of nitrogens with one attached hydrogen (secondary N) is 1. The Morgan fingerprint density at radius 1 is 1.31 bits per heavy atom. The highest BCUT2D eigenvalue weighted by Gasteiger charge is 2.48. The van der Waals surface area contributed by atoms with Gasteiger partial charge in [0.1, 0.15) is 5.75 Å². The highest BCUT2D eigenvalue weighted by Crippen LogP contribution is 2.51. The summed E-state index contributed by atoms with van der Waals surface area (Å²) in [6.07, 6.45) is 3.81. The molecule has 0 saturated heterocycles. The van der Waals surface area contributed by atoms with Crippen molar-refractivity contribution in [3.05, 3.63) is 41.2 Å². The Bertz CT molecular complexity index is 988. The van der Waals surface area contributed by atoms with E-state index in [1.807, 2.05) is 13.0 Å². The maximum absolute atomic E-state index is 12.6. The van der Waals surface area contributed by atoms with Crippen molar-refractivity contribution >= 4 is 23.5 Å². The van der Waals surface area contributed by atoms with Crippen LogP contribution in [0.15, 0.2) is 24.4 Å². The number of fused-ring (bicyclic) bond motifs is 1. The number of anilines is 2. The molecule has 29 heavy (non-hydrogen) atoms. The first-order valence-corrected chi connectivity index (χ1v) is 9.80. The van der Waals surface area contributed by atoms with Crippen molar-refractivity contribution in [1.29, 1.82) is 0 Å². The van der Waals surface area contributed by atoms with Gasteiger partial charge in [0.25, 0.3) is 5.91 Å². The van der Waals surface area contributed by atoms with Gasteiger partial charge in [0.15, 0.2) is 0 Å². The van der Waals surface area contributed by atoms with E-state index in [-0.39, 0.29) is 35.2 Å². The number of benzene rings is 1. The molecule has 2 heterocycles. The zero-order valence-corrected chi connectivity index (χ0v) is 16.7. The third kappa shape index (κ3) is 3.39. The molecule has 8 nitrogen and oxygen atoms in total. The summed E-state index contributed by atoms with van der Waals surface area (Å²) in [5, 5.41) is 13.8. The Morgan fingerprint density at radius 2 is 2.03 bits per heavy atom. The van der Waals surface area contributed by atoms with Crippen LogP contribution in [0.4, 0.5) is 11.6 Å². The van der Waals surface area contributed by atoms with Gasteiger partial charge in [0, 0.05) is 36.8 Å². The van der Waals surface area contributed by atoms with Crippen LogP contribution in [0.3, 0.4) is 0 Å². The topological polar surface area (TPSA) is 121 Å². The molecule has 2 amide bonds. The lowest BCUT2D eigenvalue weighted by atomic mass is 9.79.